The Bertz CT molecular complexity index is 679. The standard InChI is InChI=1S/C16H22N6O2/c1-22(2)7-3-6-17-16-20-15(10-19-21-16)18-9-12-4-5-13-14(8-12)24-11-23-13/h4-5,8,10H,3,6-7,9,11H2,1-2H3,(H2,17,18,20,21). The molecule has 0 saturated carbocycles. The van der Waals surface area contributed by atoms with E-state index in [9.17, 15) is 0 Å². The maximum atomic E-state index is 5.38. The van der Waals surface area contributed by atoms with Gasteiger partial charge in [-0.1, -0.05) is 6.07 Å². The van der Waals surface area contributed by atoms with Gasteiger partial charge in [-0.25, -0.2) is 0 Å². The van der Waals surface area contributed by atoms with Gasteiger partial charge >= 0.3 is 0 Å². The van der Waals surface area contributed by atoms with Crippen LogP contribution in [0.4, 0.5) is 11.8 Å². The van der Waals surface area contributed by atoms with Gasteiger partial charge in [-0.15, -0.1) is 5.10 Å². The highest BCUT2D eigenvalue weighted by atomic mass is 16.7. The summed E-state index contributed by atoms with van der Waals surface area (Å²) in [6.07, 6.45) is 2.63. The van der Waals surface area contributed by atoms with Crippen LogP contribution in [-0.4, -0.2) is 54.1 Å². The van der Waals surface area contributed by atoms with E-state index in [-0.39, 0.29) is 6.79 Å². The maximum absolute atomic E-state index is 5.38. The predicted molar refractivity (Wildman–Crippen MR) is 91.4 cm³/mol. The van der Waals surface area contributed by atoms with E-state index in [1.165, 1.54) is 0 Å². The zero-order valence-electron chi connectivity index (χ0n) is 14.0. The van der Waals surface area contributed by atoms with Crippen molar-refractivity contribution in [1.82, 2.24) is 20.1 Å². The highest BCUT2D eigenvalue weighted by molar-refractivity contribution is 5.46. The number of ether oxygens (including phenoxy) is 2. The molecule has 0 spiro atoms. The zero-order chi connectivity index (χ0) is 16.8. The molecule has 1 aliphatic rings. The Balaban J connectivity index is 1.51. The summed E-state index contributed by atoms with van der Waals surface area (Å²) in [6.45, 7) is 2.73. The van der Waals surface area contributed by atoms with Gasteiger partial charge in [-0.05, 0) is 44.8 Å². The molecule has 0 bridgehead atoms. The summed E-state index contributed by atoms with van der Waals surface area (Å²) in [5, 5.41) is 14.4. The van der Waals surface area contributed by atoms with Crippen molar-refractivity contribution in [2.24, 2.45) is 0 Å². The van der Waals surface area contributed by atoms with Crippen LogP contribution in [0, 0.1) is 0 Å². The third kappa shape index (κ3) is 4.45. The Morgan fingerprint density at radius 2 is 2.04 bits per heavy atom. The minimum absolute atomic E-state index is 0.283. The van der Waals surface area contributed by atoms with Gasteiger partial charge < -0.3 is 25.0 Å². The van der Waals surface area contributed by atoms with Crippen LogP contribution in [-0.2, 0) is 6.54 Å². The molecular weight excluding hydrogens is 308 g/mol. The molecule has 0 aliphatic carbocycles. The molecule has 0 atom stereocenters. The van der Waals surface area contributed by atoms with Crippen molar-refractivity contribution in [3.05, 3.63) is 30.0 Å². The molecule has 0 fully saturated rings. The second-order valence-electron chi connectivity index (χ2n) is 5.79. The second-order valence-corrected chi connectivity index (χ2v) is 5.79. The fourth-order valence-corrected chi connectivity index (χ4v) is 2.30. The number of nitrogens with zero attached hydrogens (tertiary/aromatic N) is 4. The van der Waals surface area contributed by atoms with E-state index in [0.29, 0.717) is 18.3 Å². The number of anilines is 2. The lowest BCUT2D eigenvalue weighted by Crippen LogP contribution is -2.17. The summed E-state index contributed by atoms with van der Waals surface area (Å²) in [5.74, 6) is 2.77. The summed E-state index contributed by atoms with van der Waals surface area (Å²) in [5.41, 5.74) is 1.08. The number of hydrogen-bond donors (Lipinski definition) is 2. The number of hydrogen-bond acceptors (Lipinski definition) is 8. The lowest BCUT2D eigenvalue weighted by Gasteiger charge is -2.10. The zero-order valence-corrected chi connectivity index (χ0v) is 14.0. The van der Waals surface area contributed by atoms with Crippen LogP contribution < -0.4 is 20.1 Å². The molecule has 0 amide bonds. The fourth-order valence-electron chi connectivity index (χ4n) is 2.30. The van der Waals surface area contributed by atoms with Crippen molar-refractivity contribution in [3.8, 4) is 11.5 Å². The summed E-state index contributed by atoms with van der Waals surface area (Å²) in [4.78, 5) is 6.55. The molecule has 3 rings (SSSR count). The SMILES string of the molecule is CN(C)CCCNc1nncc(NCc2ccc3c(c2)OCO3)n1. The van der Waals surface area contributed by atoms with Crippen LogP contribution in [0.2, 0.25) is 0 Å². The Labute approximate surface area is 141 Å². The van der Waals surface area contributed by atoms with Gasteiger partial charge in [0.2, 0.25) is 12.7 Å². The smallest absolute Gasteiger partial charge is 0.244 e. The normalized spacial score (nSPS) is 12.5. The third-order valence-electron chi connectivity index (χ3n) is 3.53. The van der Waals surface area contributed by atoms with Crippen LogP contribution in [0.5, 0.6) is 11.5 Å². The van der Waals surface area contributed by atoms with E-state index in [1.807, 2.05) is 18.2 Å². The van der Waals surface area contributed by atoms with Crippen molar-refractivity contribution < 1.29 is 9.47 Å². The lowest BCUT2D eigenvalue weighted by molar-refractivity contribution is 0.174. The van der Waals surface area contributed by atoms with Crippen LogP contribution in [0.1, 0.15) is 12.0 Å². The summed E-state index contributed by atoms with van der Waals surface area (Å²) >= 11 is 0. The van der Waals surface area contributed by atoms with Crippen molar-refractivity contribution in [3.63, 3.8) is 0 Å². The van der Waals surface area contributed by atoms with E-state index in [0.717, 1.165) is 36.6 Å². The van der Waals surface area contributed by atoms with E-state index in [2.05, 4.69) is 44.8 Å². The Kier molecular flexibility index (Phi) is 5.27. The van der Waals surface area contributed by atoms with Gasteiger partial charge in [0.25, 0.3) is 0 Å². The molecule has 2 aromatic rings. The molecule has 2 heterocycles. The Hall–Kier alpha value is -2.61. The van der Waals surface area contributed by atoms with E-state index in [1.54, 1.807) is 6.20 Å². The number of fused-ring (bicyclic) bond motifs is 1. The fraction of sp³-hybridized carbons (Fsp3) is 0.438. The van der Waals surface area contributed by atoms with Crippen molar-refractivity contribution in [2.45, 2.75) is 13.0 Å². The first kappa shape index (κ1) is 16.3. The van der Waals surface area contributed by atoms with Gasteiger partial charge in [0, 0.05) is 13.1 Å². The van der Waals surface area contributed by atoms with Crippen molar-refractivity contribution >= 4 is 11.8 Å². The van der Waals surface area contributed by atoms with Crippen LogP contribution >= 0.6 is 0 Å². The Morgan fingerprint density at radius 1 is 1.17 bits per heavy atom. The molecule has 24 heavy (non-hydrogen) atoms. The molecule has 0 saturated heterocycles. The van der Waals surface area contributed by atoms with Gasteiger partial charge in [0.15, 0.2) is 17.3 Å². The number of rotatable bonds is 8. The molecule has 0 unspecified atom stereocenters. The van der Waals surface area contributed by atoms with Gasteiger partial charge in [-0.2, -0.15) is 10.1 Å². The van der Waals surface area contributed by atoms with Crippen LogP contribution in [0.3, 0.4) is 0 Å². The predicted octanol–water partition coefficient (Wildman–Crippen LogP) is 1.58. The van der Waals surface area contributed by atoms with E-state index < -0.39 is 0 Å². The van der Waals surface area contributed by atoms with Crippen LogP contribution in [0.15, 0.2) is 24.4 Å². The van der Waals surface area contributed by atoms with Crippen molar-refractivity contribution in [2.75, 3.05) is 44.6 Å². The molecule has 8 heteroatoms. The highest BCUT2D eigenvalue weighted by Crippen LogP contribution is 2.32. The molecule has 1 aliphatic heterocycles. The molecular formula is C16H22N6O2. The number of benzene rings is 1. The summed E-state index contributed by atoms with van der Waals surface area (Å²) < 4.78 is 10.7. The molecule has 128 valence electrons. The number of nitrogens with one attached hydrogen (secondary N) is 2. The van der Waals surface area contributed by atoms with E-state index >= 15 is 0 Å². The first-order valence-electron chi connectivity index (χ1n) is 7.91. The molecule has 1 aromatic carbocycles. The molecule has 1 aromatic heterocycles. The summed E-state index contributed by atoms with van der Waals surface area (Å²) in [7, 11) is 4.11. The number of aromatic nitrogens is 3. The first-order chi connectivity index (χ1) is 11.7. The third-order valence-corrected chi connectivity index (χ3v) is 3.53. The maximum Gasteiger partial charge on any atom is 0.244 e. The van der Waals surface area contributed by atoms with Gasteiger partial charge in [0.05, 0.1) is 6.20 Å². The highest BCUT2D eigenvalue weighted by Gasteiger charge is 2.13. The van der Waals surface area contributed by atoms with Crippen LogP contribution in [0.25, 0.3) is 0 Å². The molecule has 8 nitrogen and oxygen atoms in total. The Morgan fingerprint density at radius 3 is 2.92 bits per heavy atom. The molecule has 2 N–H and O–H groups in total. The first-order valence-corrected chi connectivity index (χ1v) is 7.91. The lowest BCUT2D eigenvalue weighted by atomic mass is 10.2. The summed E-state index contributed by atoms with van der Waals surface area (Å²) in [6, 6.07) is 5.87. The minimum atomic E-state index is 0.283. The monoisotopic (exact) mass is 330 g/mol. The topological polar surface area (TPSA) is 84.4 Å². The average molecular weight is 330 g/mol. The van der Waals surface area contributed by atoms with Crippen molar-refractivity contribution in [1.29, 1.82) is 0 Å². The minimum Gasteiger partial charge on any atom is -0.454 e. The largest absolute Gasteiger partial charge is 0.454 e. The van der Waals surface area contributed by atoms with Gasteiger partial charge in [-0.3, -0.25) is 0 Å². The quantitative estimate of drug-likeness (QED) is 0.706. The van der Waals surface area contributed by atoms with Gasteiger partial charge in [0.1, 0.15) is 0 Å². The second kappa shape index (κ2) is 7.78. The molecule has 0 radical (unpaired) electrons. The van der Waals surface area contributed by atoms with E-state index in [4.69, 9.17) is 9.47 Å². The average Bonchev–Trinajstić information content (AvgIpc) is 3.05.